The van der Waals surface area contributed by atoms with Crippen molar-refractivity contribution in [3.05, 3.63) is 59.9 Å². The number of carbonyl (C=O) groups is 2. The number of benzene rings is 1. The van der Waals surface area contributed by atoms with Crippen molar-refractivity contribution in [2.45, 2.75) is 26.2 Å². The van der Waals surface area contributed by atoms with Crippen LogP contribution >= 0.6 is 0 Å². The van der Waals surface area contributed by atoms with E-state index in [1.807, 2.05) is 51.1 Å². The Hall–Kier alpha value is -3.48. The van der Waals surface area contributed by atoms with Crippen molar-refractivity contribution in [2.75, 3.05) is 11.9 Å². The molecule has 0 aliphatic heterocycles. The third-order valence-electron chi connectivity index (χ3n) is 3.95. The number of nitrogens with one attached hydrogen (secondary N) is 1. The Morgan fingerprint density at radius 2 is 2.00 bits per heavy atom. The second kappa shape index (κ2) is 8.04. The monoisotopic (exact) mass is 379 g/mol. The van der Waals surface area contributed by atoms with E-state index in [1.54, 1.807) is 18.3 Å². The number of fused-ring (bicyclic) bond motifs is 1. The minimum Gasteiger partial charge on any atom is -0.452 e. The Kier molecular flexibility index (Phi) is 5.54. The van der Waals surface area contributed by atoms with E-state index in [0.29, 0.717) is 5.69 Å². The molecule has 0 fully saturated rings. The molecule has 0 saturated heterocycles. The van der Waals surface area contributed by atoms with Gasteiger partial charge in [-0.2, -0.15) is 0 Å². The standard InChI is InChI=1S/C21H21N3O4/c1-21(2,3)16-12-18(28-24-16)23-17(25)13-27-19(26)10-9-15-7-4-6-14-8-5-11-22-20(14)15/h4-12H,13H2,1-3H3,(H,23,25). The molecule has 144 valence electrons. The molecular weight excluding hydrogens is 358 g/mol. The smallest absolute Gasteiger partial charge is 0.331 e. The molecule has 2 aromatic heterocycles. The van der Waals surface area contributed by atoms with Crippen LogP contribution in [0.2, 0.25) is 0 Å². The third kappa shape index (κ3) is 4.82. The number of ether oxygens (including phenoxy) is 1. The van der Waals surface area contributed by atoms with Gasteiger partial charge in [0, 0.05) is 34.7 Å². The summed E-state index contributed by atoms with van der Waals surface area (Å²) in [6, 6.07) is 11.1. The predicted octanol–water partition coefficient (Wildman–Crippen LogP) is 3.72. The lowest BCUT2D eigenvalue weighted by Gasteiger charge is -2.12. The number of para-hydroxylation sites is 1. The summed E-state index contributed by atoms with van der Waals surface area (Å²) >= 11 is 0. The van der Waals surface area contributed by atoms with Crippen molar-refractivity contribution in [1.82, 2.24) is 10.1 Å². The van der Waals surface area contributed by atoms with Crippen LogP contribution in [-0.2, 0) is 19.7 Å². The number of hydrogen-bond donors (Lipinski definition) is 1. The number of pyridine rings is 1. The molecule has 0 radical (unpaired) electrons. The number of rotatable bonds is 5. The molecule has 3 aromatic rings. The van der Waals surface area contributed by atoms with Crippen LogP contribution in [0.4, 0.5) is 5.88 Å². The highest BCUT2D eigenvalue weighted by atomic mass is 16.5. The minimum atomic E-state index is -0.629. The molecule has 0 atom stereocenters. The topological polar surface area (TPSA) is 94.3 Å². The quantitative estimate of drug-likeness (QED) is 0.536. The van der Waals surface area contributed by atoms with Crippen molar-refractivity contribution >= 4 is 34.7 Å². The van der Waals surface area contributed by atoms with Gasteiger partial charge in [0.1, 0.15) is 0 Å². The summed E-state index contributed by atoms with van der Waals surface area (Å²) in [6.07, 6.45) is 4.57. The highest BCUT2D eigenvalue weighted by molar-refractivity contribution is 5.95. The fourth-order valence-electron chi connectivity index (χ4n) is 2.47. The van der Waals surface area contributed by atoms with Crippen LogP contribution in [0, 0.1) is 0 Å². The van der Waals surface area contributed by atoms with E-state index in [2.05, 4.69) is 15.5 Å². The largest absolute Gasteiger partial charge is 0.452 e. The molecule has 0 saturated carbocycles. The summed E-state index contributed by atoms with van der Waals surface area (Å²) in [4.78, 5) is 28.1. The summed E-state index contributed by atoms with van der Waals surface area (Å²) in [5.74, 6) is -0.926. The lowest BCUT2D eigenvalue weighted by atomic mass is 9.92. The molecular formula is C21H21N3O4. The number of carbonyl (C=O) groups excluding carboxylic acids is 2. The summed E-state index contributed by atoms with van der Waals surface area (Å²) in [5.41, 5.74) is 2.09. The molecule has 0 aliphatic rings. The predicted molar refractivity (Wildman–Crippen MR) is 106 cm³/mol. The average molecular weight is 379 g/mol. The normalized spacial score (nSPS) is 11.7. The van der Waals surface area contributed by atoms with Crippen LogP contribution in [0.25, 0.3) is 17.0 Å². The average Bonchev–Trinajstić information content (AvgIpc) is 3.13. The Morgan fingerprint density at radius 1 is 1.21 bits per heavy atom. The highest BCUT2D eigenvalue weighted by Crippen LogP contribution is 2.23. The van der Waals surface area contributed by atoms with E-state index >= 15 is 0 Å². The first-order chi connectivity index (χ1) is 13.3. The van der Waals surface area contributed by atoms with Gasteiger partial charge in [0.05, 0.1) is 11.2 Å². The van der Waals surface area contributed by atoms with Crippen LogP contribution in [0.5, 0.6) is 0 Å². The first-order valence-corrected chi connectivity index (χ1v) is 8.78. The van der Waals surface area contributed by atoms with Gasteiger partial charge >= 0.3 is 5.97 Å². The van der Waals surface area contributed by atoms with Gasteiger partial charge < -0.3 is 9.26 Å². The highest BCUT2D eigenvalue weighted by Gasteiger charge is 2.19. The summed E-state index contributed by atoms with van der Waals surface area (Å²) in [7, 11) is 0. The number of hydrogen-bond acceptors (Lipinski definition) is 6. The minimum absolute atomic E-state index is 0.194. The molecule has 0 spiro atoms. The second-order valence-corrected chi connectivity index (χ2v) is 7.24. The van der Waals surface area contributed by atoms with Crippen molar-refractivity contribution in [1.29, 1.82) is 0 Å². The van der Waals surface area contributed by atoms with Crippen molar-refractivity contribution in [2.24, 2.45) is 0 Å². The Morgan fingerprint density at radius 3 is 2.75 bits per heavy atom. The Labute approximate surface area is 162 Å². The van der Waals surface area contributed by atoms with E-state index in [4.69, 9.17) is 9.26 Å². The van der Waals surface area contributed by atoms with Gasteiger partial charge in [-0.15, -0.1) is 0 Å². The van der Waals surface area contributed by atoms with Gasteiger partial charge in [-0.25, -0.2) is 4.79 Å². The number of esters is 1. The molecule has 0 unspecified atom stereocenters. The van der Waals surface area contributed by atoms with Crippen LogP contribution < -0.4 is 5.32 Å². The summed E-state index contributed by atoms with van der Waals surface area (Å²) < 4.78 is 10.0. The maximum absolute atomic E-state index is 11.9. The van der Waals surface area contributed by atoms with Gasteiger partial charge in [-0.3, -0.25) is 15.1 Å². The summed E-state index contributed by atoms with van der Waals surface area (Å²) in [5, 5.41) is 7.39. The molecule has 1 amide bonds. The zero-order valence-corrected chi connectivity index (χ0v) is 15.9. The molecule has 1 N–H and O–H groups in total. The van der Waals surface area contributed by atoms with Crippen LogP contribution in [-0.4, -0.2) is 28.6 Å². The fraction of sp³-hybridized carbons (Fsp3) is 0.238. The van der Waals surface area contributed by atoms with E-state index in [0.717, 1.165) is 16.5 Å². The molecule has 7 heteroatoms. The zero-order valence-electron chi connectivity index (χ0n) is 15.9. The van der Waals surface area contributed by atoms with Crippen LogP contribution in [0.15, 0.2) is 53.2 Å². The molecule has 28 heavy (non-hydrogen) atoms. The van der Waals surface area contributed by atoms with E-state index in [-0.39, 0.29) is 11.3 Å². The third-order valence-corrected chi connectivity index (χ3v) is 3.95. The molecule has 1 aromatic carbocycles. The number of nitrogens with zero attached hydrogens (tertiary/aromatic N) is 2. The molecule has 0 aliphatic carbocycles. The lowest BCUT2D eigenvalue weighted by Crippen LogP contribution is -2.19. The van der Waals surface area contributed by atoms with Gasteiger partial charge in [0.15, 0.2) is 6.61 Å². The number of aromatic nitrogens is 2. The first-order valence-electron chi connectivity index (χ1n) is 8.78. The van der Waals surface area contributed by atoms with Crippen LogP contribution in [0.3, 0.4) is 0 Å². The van der Waals surface area contributed by atoms with Crippen molar-refractivity contribution in [3.8, 4) is 0 Å². The fourth-order valence-corrected chi connectivity index (χ4v) is 2.47. The Bertz CT molecular complexity index is 1030. The van der Waals surface area contributed by atoms with E-state index in [9.17, 15) is 9.59 Å². The van der Waals surface area contributed by atoms with E-state index in [1.165, 1.54) is 6.08 Å². The van der Waals surface area contributed by atoms with Gasteiger partial charge in [0.25, 0.3) is 5.91 Å². The molecule has 0 bridgehead atoms. The van der Waals surface area contributed by atoms with Crippen molar-refractivity contribution < 1.29 is 18.8 Å². The van der Waals surface area contributed by atoms with Crippen LogP contribution in [0.1, 0.15) is 32.0 Å². The van der Waals surface area contributed by atoms with Gasteiger partial charge in [-0.1, -0.05) is 50.2 Å². The van der Waals surface area contributed by atoms with Crippen molar-refractivity contribution in [3.63, 3.8) is 0 Å². The number of amides is 1. The molecule has 7 nitrogen and oxygen atoms in total. The maximum Gasteiger partial charge on any atom is 0.331 e. The summed E-state index contributed by atoms with van der Waals surface area (Å²) in [6.45, 7) is 5.52. The Balaban J connectivity index is 1.54. The lowest BCUT2D eigenvalue weighted by molar-refractivity contribution is -0.142. The zero-order chi connectivity index (χ0) is 20.1. The molecule has 3 rings (SSSR count). The number of anilines is 1. The van der Waals surface area contributed by atoms with Gasteiger partial charge in [0.2, 0.25) is 5.88 Å². The van der Waals surface area contributed by atoms with E-state index < -0.39 is 18.5 Å². The SMILES string of the molecule is CC(C)(C)c1cc(NC(=O)COC(=O)C=Cc2cccc3cccnc23)on1. The first kappa shape index (κ1) is 19.3. The van der Waals surface area contributed by atoms with Gasteiger partial charge in [-0.05, 0) is 12.1 Å². The maximum atomic E-state index is 11.9. The second-order valence-electron chi connectivity index (χ2n) is 7.24. The molecule has 2 heterocycles.